The summed E-state index contributed by atoms with van der Waals surface area (Å²) in [4.78, 5) is 17.3. The first-order valence-corrected chi connectivity index (χ1v) is 10.1. The van der Waals surface area contributed by atoms with Crippen molar-refractivity contribution in [2.45, 2.75) is 37.6 Å². The maximum atomic E-state index is 12.7. The van der Waals surface area contributed by atoms with E-state index >= 15 is 0 Å². The number of carbonyl (C=O) groups excluding carboxylic acids is 1. The third-order valence-electron chi connectivity index (χ3n) is 3.80. The molecule has 0 unspecified atom stereocenters. The van der Waals surface area contributed by atoms with Crippen molar-refractivity contribution < 1.29 is 13.2 Å². The van der Waals surface area contributed by atoms with Crippen LogP contribution in [0.1, 0.15) is 30.3 Å². The molecule has 1 aliphatic rings. The predicted octanol–water partition coefficient (Wildman–Crippen LogP) is 2.63. The van der Waals surface area contributed by atoms with Crippen LogP contribution < -0.4 is 5.32 Å². The number of anilines is 1. The highest BCUT2D eigenvalue weighted by molar-refractivity contribution is 7.89. The highest BCUT2D eigenvalue weighted by Gasteiger charge is 2.30. The maximum Gasteiger partial charge on any atom is 0.243 e. The lowest BCUT2D eigenvalue weighted by atomic mass is 10.2. The molecule has 3 rings (SSSR count). The number of rotatable bonds is 5. The number of fused-ring (bicyclic) bond motifs is 1. The fourth-order valence-electron chi connectivity index (χ4n) is 2.58. The number of aromatic nitrogens is 1. The molecule has 8 heteroatoms. The molecule has 24 heavy (non-hydrogen) atoms. The minimum Gasteiger partial charge on any atom is -0.302 e. The van der Waals surface area contributed by atoms with E-state index in [-0.39, 0.29) is 5.91 Å². The summed E-state index contributed by atoms with van der Waals surface area (Å²) in [6, 6.07) is 8.44. The summed E-state index contributed by atoms with van der Waals surface area (Å²) in [7, 11) is -3.50. The molecule has 0 aliphatic carbocycles. The van der Waals surface area contributed by atoms with Crippen LogP contribution >= 0.6 is 11.3 Å². The van der Waals surface area contributed by atoms with Crippen molar-refractivity contribution in [3.05, 3.63) is 40.9 Å². The molecule has 1 aromatic carbocycles. The van der Waals surface area contributed by atoms with Crippen LogP contribution in [0.15, 0.2) is 35.2 Å². The average Bonchev–Trinajstić information content (AvgIpc) is 2.97. The summed E-state index contributed by atoms with van der Waals surface area (Å²) < 4.78 is 26.9. The van der Waals surface area contributed by atoms with Gasteiger partial charge in [-0.05, 0) is 18.6 Å². The zero-order valence-electron chi connectivity index (χ0n) is 13.4. The zero-order valence-corrected chi connectivity index (χ0v) is 15.0. The Morgan fingerprint density at radius 2 is 2.08 bits per heavy atom. The molecular formula is C16H19N3O3S2. The summed E-state index contributed by atoms with van der Waals surface area (Å²) in [5, 5.41) is 3.34. The minimum atomic E-state index is -3.50. The number of benzene rings is 1. The molecule has 1 amide bonds. The van der Waals surface area contributed by atoms with Crippen LogP contribution in [0.3, 0.4) is 0 Å². The number of nitrogens with zero attached hydrogens (tertiary/aromatic N) is 2. The Kier molecular flexibility index (Phi) is 4.98. The molecule has 0 saturated heterocycles. The van der Waals surface area contributed by atoms with Gasteiger partial charge >= 0.3 is 0 Å². The van der Waals surface area contributed by atoms with E-state index in [9.17, 15) is 13.2 Å². The number of thiazole rings is 1. The molecule has 1 aromatic heterocycles. The number of sulfonamides is 1. The van der Waals surface area contributed by atoms with Gasteiger partial charge in [0.25, 0.3) is 0 Å². The summed E-state index contributed by atoms with van der Waals surface area (Å²) in [5.74, 6) is -0.0580. The van der Waals surface area contributed by atoms with Crippen LogP contribution in [-0.4, -0.2) is 30.2 Å². The second-order valence-electron chi connectivity index (χ2n) is 5.59. The summed E-state index contributed by atoms with van der Waals surface area (Å²) in [6.45, 7) is 2.64. The van der Waals surface area contributed by atoms with Crippen LogP contribution in [0.25, 0.3) is 0 Å². The standard InChI is InChI=1S/C16H19N3O3S2/c1-2-6-15(20)18-16-17-13-9-10-19(11-14(13)23-16)24(21,22)12-7-4-3-5-8-12/h3-5,7-8H,2,6,9-11H2,1H3,(H,17,18,20). The number of nitrogens with one attached hydrogen (secondary N) is 1. The summed E-state index contributed by atoms with van der Waals surface area (Å²) in [6.07, 6.45) is 1.79. The number of carbonyl (C=O) groups is 1. The fourth-order valence-corrected chi connectivity index (χ4v) is 5.13. The van der Waals surface area contributed by atoms with E-state index in [1.807, 2.05) is 6.92 Å². The van der Waals surface area contributed by atoms with Gasteiger partial charge in [-0.3, -0.25) is 4.79 Å². The predicted molar refractivity (Wildman–Crippen MR) is 93.4 cm³/mol. The van der Waals surface area contributed by atoms with Gasteiger partial charge in [0.05, 0.1) is 17.1 Å². The Labute approximate surface area is 145 Å². The first-order chi connectivity index (χ1) is 11.5. The van der Waals surface area contributed by atoms with Crippen molar-refractivity contribution >= 4 is 32.4 Å². The van der Waals surface area contributed by atoms with Crippen molar-refractivity contribution in [3.63, 3.8) is 0 Å². The van der Waals surface area contributed by atoms with Crippen LogP contribution in [0.4, 0.5) is 5.13 Å². The molecule has 0 fully saturated rings. The van der Waals surface area contributed by atoms with E-state index in [1.54, 1.807) is 30.3 Å². The molecule has 0 atom stereocenters. The van der Waals surface area contributed by atoms with E-state index in [4.69, 9.17) is 0 Å². The Balaban J connectivity index is 1.77. The van der Waals surface area contributed by atoms with Gasteiger partial charge in [-0.2, -0.15) is 4.31 Å². The van der Waals surface area contributed by atoms with Gasteiger partial charge in [-0.15, -0.1) is 11.3 Å². The number of hydrogen-bond donors (Lipinski definition) is 1. The maximum absolute atomic E-state index is 12.7. The fraction of sp³-hybridized carbons (Fsp3) is 0.375. The van der Waals surface area contributed by atoms with Crippen molar-refractivity contribution in [2.24, 2.45) is 0 Å². The van der Waals surface area contributed by atoms with Gasteiger partial charge in [0, 0.05) is 24.3 Å². The van der Waals surface area contributed by atoms with Gasteiger partial charge < -0.3 is 5.32 Å². The quantitative estimate of drug-likeness (QED) is 0.883. The van der Waals surface area contributed by atoms with E-state index in [0.29, 0.717) is 36.0 Å². The first-order valence-electron chi connectivity index (χ1n) is 7.84. The molecule has 2 aromatic rings. The molecule has 0 spiro atoms. The van der Waals surface area contributed by atoms with Gasteiger partial charge in [-0.25, -0.2) is 13.4 Å². The van der Waals surface area contributed by atoms with Crippen molar-refractivity contribution in [2.75, 3.05) is 11.9 Å². The molecule has 2 heterocycles. The summed E-state index contributed by atoms with van der Waals surface area (Å²) >= 11 is 1.36. The highest BCUT2D eigenvalue weighted by Crippen LogP contribution is 2.31. The van der Waals surface area contributed by atoms with Crippen LogP contribution in [0, 0.1) is 0 Å². The van der Waals surface area contributed by atoms with E-state index in [2.05, 4.69) is 10.3 Å². The Morgan fingerprint density at radius 3 is 2.79 bits per heavy atom. The van der Waals surface area contributed by atoms with Crippen LogP contribution in [0.5, 0.6) is 0 Å². The van der Waals surface area contributed by atoms with Gasteiger partial charge in [-0.1, -0.05) is 25.1 Å². The lowest BCUT2D eigenvalue weighted by molar-refractivity contribution is -0.116. The van der Waals surface area contributed by atoms with E-state index in [0.717, 1.165) is 17.0 Å². The Bertz CT molecular complexity index is 832. The Hall–Kier alpha value is -1.77. The first kappa shape index (κ1) is 17.1. The van der Waals surface area contributed by atoms with E-state index in [1.165, 1.54) is 15.6 Å². The Morgan fingerprint density at radius 1 is 1.33 bits per heavy atom. The lowest BCUT2D eigenvalue weighted by Crippen LogP contribution is -2.35. The van der Waals surface area contributed by atoms with Crippen molar-refractivity contribution in [1.29, 1.82) is 0 Å². The second kappa shape index (κ2) is 7.00. The summed E-state index contributed by atoms with van der Waals surface area (Å²) in [5.41, 5.74) is 0.881. The molecule has 1 aliphatic heterocycles. The topological polar surface area (TPSA) is 79.4 Å². The smallest absolute Gasteiger partial charge is 0.243 e. The van der Waals surface area contributed by atoms with Crippen LogP contribution in [0.2, 0.25) is 0 Å². The van der Waals surface area contributed by atoms with Gasteiger partial charge in [0.15, 0.2) is 5.13 Å². The molecule has 128 valence electrons. The molecular weight excluding hydrogens is 346 g/mol. The molecule has 6 nitrogen and oxygen atoms in total. The monoisotopic (exact) mass is 365 g/mol. The third kappa shape index (κ3) is 3.50. The van der Waals surface area contributed by atoms with Gasteiger partial charge in [0.1, 0.15) is 0 Å². The second-order valence-corrected chi connectivity index (χ2v) is 8.61. The normalized spacial score (nSPS) is 15.0. The largest absolute Gasteiger partial charge is 0.302 e. The minimum absolute atomic E-state index is 0.0580. The lowest BCUT2D eigenvalue weighted by Gasteiger charge is -2.25. The third-order valence-corrected chi connectivity index (χ3v) is 6.66. The molecule has 0 radical (unpaired) electrons. The molecule has 1 N–H and O–H groups in total. The highest BCUT2D eigenvalue weighted by atomic mass is 32.2. The van der Waals surface area contributed by atoms with Crippen LogP contribution in [-0.2, 0) is 27.8 Å². The van der Waals surface area contributed by atoms with Crippen molar-refractivity contribution in [1.82, 2.24) is 9.29 Å². The van der Waals surface area contributed by atoms with Crippen molar-refractivity contribution in [3.8, 4) is 0 Å². The van der Waals surface area contributed by atoms with Gasteiger partial charge in [0.2, 0.25) is 15.9 Å². The number of amides is 1. The average molecular weight is 365 g/mol. The SMILES string of the molecule is CCCC(=O)Nc1nc2c(s1)CN(S(=O)(=O)c1ccccc1)CC2. The molecule has 0 saturated carbocycles. The number of hydrogen-bond acceptors (Lipinski definition) is 5. The molecule has 0 bridgehead atoms. The van der Waals surface area contributed by atoms with E-state index < -0.39 is 10.0 Å². The zero-order chi connectivity index (χ0) is 17.2.